The standard InChI is InChI=1S/C20H20N2/c1-14(21)13-22-12-11-18-19(15-7-3-2-4-8-15)16-9-5-6-10-17(16)20(18)22/h2-12,14,19H,13,21H2,1H3. The quantitative estimate of drug-likeness (QED) is 0.607. The van der Waals surface area contributed by atoms with Crippen molar-refractivity contribution in [2.75, 3.05) is 0 Å². The first-order chi connectivity index (χ1) is 10.8. The van der Waals surface area contributed by atoms with Crippen molar-refractivity contribution in [3.63, 3.8) is 0 Å². The van der Waals surface area contributed by atoms with Gasteiger partial charge in [0.15, 0.2) is 0 Å². The van der Waals surface area contributed by atoms with E-state index >= 15 is 0 Å². The molecule has 3 aromatic rings. The number of aromatic nitrogens is 1. The second-order valence-electron chi connectivity index (χ2n) is 6.18. The molecule has 1 aromatic heterocycles. The van der Waals surface area contributed by atoms with Crippen molar-refractivity contribution >= 4 is 0 Å². The van der Waals surface area contributed by atoms with Crippen molar-refractivity contribution in [3.8, 4) is 11.3 Å². The number of benzene rings is 2. The first kappa shape index (κ1) is 13.4. The maximum atomic E-state index is 6.02. The van der Waals surface area contributed by atoms with Crippen molar-refractivity contribution in [1.29, 1.82) is 0 Å². The number of nitrogens with zero attached hydrogens (tertiary/aromatic N) is 1. The number of hydrogen-bond acceptors (Lipinski definition) is 1. The number of fused-ring (bicyclic) bond motifs is 3. The van der Waals surface area contributed by atoms with Gasteiger partial charge in [-0.1, -0.05) is 54.6 Å². The average molecular weight is 288 g/mol. The SMILES string of the molecule is CC(N)Cn1ccc2c1-c1ccccc1C2c1ccccc1. The third-order valence-corrected chi connectivity index (χ3v) is 4.45. The molecule has 2 atom stereocenters. The highest BCUT2D eigenvalue weighted by atomic mass is 15.0. The van der Waals surface area contributed by atoms with Gasteiger partial charge in [-0.25, -0.2) is 0 Å². The summed E-state index contributed by atoms with van der Waals surface area (Å²) in [5.74, 6) is 0.335. The topological polar surface area (TPSA) is 30.9 Å². The van der Waals surface area contributed by atoms with E-state index in [1.807, 2.05) is 0 Å². The van der Waals surface area contributed by atoms with Crippen LogP contribution in [-0.4, -0.2) is 10.6 Å². The molecule has 0 spiro atoms. The van der Waals surface area contributed by atoms with Gasteiger partial charge in [-0.2, -0.15) is 0 Å². The molecular weight excluding hydrogens is 268 g/mol. The van der Waals surface area contributed by atoms with Gasteiger partial charge < -0.3 is 10.3 Å². The van der Waals surface area contributed by atoms with Crippen LogP contribution in [0.15, 0.2) is 66.9 Å². The highest BCUT2D eigenvalue weighted by Crippen LogP contribution is 2.48. The first-order valence-electron chi connectivity index (χ1n) is 7.84. The second kappa shape index (κ2) is 5.15. The van der Waals surface area contributed by atoms with Crippen LogP contribution in [0.1, 0.15) is 29.5 Å². The fourth-order valence-corrected chi connectivity index (χ4v) is 3.63. The molecule has 0 bridgehead atoms. The van der Waals surface area contributed by atoms with Gasteiger partial charge in [0.05, 0.1) is 5.69 Å². The number of rotatable bonds is 3. The highest BCUT2D eigenvalue weighted by Gasteiger charge is 2.32. The molecule has 2 heteroatoms. The van der Waals surface area contributed by atoms with Crippen molar-refractivity contribution in [1.82, 2.24) is 4.57 Å². The molecule has 1 aliphatic carbocycles. The van der Waals surface area contributed by atoms with Crippen LogP contribution in [-0.2, 0) is 6.54 Å². The monoisotopic (exact) mass is 288 g/mol. The molecule has 22 heavy (non-hydrogen) atoms. The summed E-state index contributed by atoms with van der Waals surface area (Å²) in [4.78, 5) is 0. The van der Waals surface area contributed by atoms with Gasteiger partial charge in [-0.05, 0) is 29.7 Å². The average Bonchev–Trinajstić information content (AvgIpc) is 3.06. The molecule has 4 rings (SSSR count). The van der Waals surface area contributed by atoms with Crippen LogP contribution >= 0.6 is 0 Å². The first-order valence-corrected chi connectivity index (χ1v) is 7.84. The van der Waals surface area contributed by atoms with Gasteiger partial charge in [-0.15, -0.1) is 0 Å². The van der Waals surface area contributed by atoms with Gasteiger partial charge in [-0.3, -0.25) is 0 Å². The molecule has 0 radical (unpaired) electrons. The van der Waals surface area contributed by atoms with E-state index in [0.29, 0.717) is 5.92 Å². The summed E-state index contributed by atoms with van der Waals surface area (Å²) in [5, 5.41) is 0. The van der Waals surface area contributed by atoms with E-state index in [0.717, 1.165) is 6.54 Å². The second-order valence-corrected chi connectivity index (χ2v) is 6.18. The fraction of sp³-hybridized carbons (Fsp3) is 0.200. The van der Waals surface area contributed by atoms with Crippen LogP contribution < -0.4 is 5.73 Å². The third-order valence-electron chi connectivity index (χ3n) is 4.45. The third kappa shape index (κ3) is 1.99. The summed E-state index contributed by atoms with van der Waals surface area (Å²) in [6.45, 7) is 2.91. The molecule has 2 aromatic carbocycles. The van der Waals surface area contributed by atoms with E-state index in [-0.39, 0.29) is 6.04 Å². The highest BCUT2D eigenvalue weighted by molar-refractivity contribution is 5.78. The minimum atomic E-state index is 0.152. The molecule has 2 unspecified atom stereocenters. The maximum absolute atomic E-state index is 6.02. The van der Waals surface area contributed by atoms with Crippen molar-refractivity contribution in [2.24, 2.45) is 5.73 Å². The molecule has 0 saturated carbocycles. The Kier molecular flexibility index (Phi) is 3.12. The minimum absolute atomic E-state index is 0.152. The zero-order valence-corrected chi connectivity index (χ0v) is 12.7. The van der Waals surface area contributed by atoms with Gasteiger partial charge in [0.1, 0.15) is 0 Å². The van der Waals surface area contributed by atoms with Crippen LogP contribution in [0.4, 0.5) is 0 Å². The summed E-state index contributed by atoms with van der Waals surface area (Å²) in [6.07, 6.45) is 2.18. The molecule has 0 fully saturated rings. The van der Waals surface area contributed by atoms with Gasteiger partial charge in [0.2, 0.25) is 0 Å². The van der Waals surface area contributed by atoms with E-state index in [9.17, 15) is 0 Å². The Morgan fingerprint density at radius 1 is 0.955 bits per heavy atom. The number of hydrogen-bond donors (Lipinski definition) is 1. The van der Waals surface area contributed by atoms with Crippen molar-refractivity contribution < 1.29 is 0 Å². The lowest BCUT2D eigenvalue weighted by Gasteiger charge is -2.13. The van der Waals surface area contributed by atoms with Gasteiger partial charge >= 0.3 is 0 Å². The molecule has 2 nitrogen and oxygen atoms in total. The molecule has 110 valence electrons. The van der Waals surface area contributed by atoms with Crippen LogP contribution in [0.25, 0.3) is 11.3 Å². The van der Waals surface area contributed by atoms with Crippen LogP contribution in [0.5, 0.6) is 0 Å². The Balaban J connectivity index is 1.92. The predicted molar refractivity (Wildman–Crippen MR) is 90.9 cm³/mol. The Hall–Kier alpha value is -2.32. The number of nitrogens with two attached hydrogens (primary N) is 1. The van der Waals surface area contributed by atoms with Crippen molar-refractivity contribution in [2.45, 2.75) is 25.4 Å². The zero-order chi connectivity index (χ0) is 15.1. The normalized spacial score (nSPS) is 17.1. The Morgan fingerprint density at radius 3 is 2.45 bits per heavy atom. The Labute approximate surface area is 131 Å². The van der Waals surface area contributed by atoms with Crippen molar-refractivity contribution in [3.05, 3.63) is 83.6 Å². The van der Waals surface area contributed by atoms with E-state index in [1.54, 1.807) is 0 Å². The Morgan fingerprint density at radius 2 is 1.68 bits per heavy atom. The summed E-state index contributed by atoms with van der Waals surface area (Å²) < 4.78 is 2.31. The maximum Gasteiger partial charge on any atom is 0.0526 e. The van der Waals surface area contributed by atoms with E-state index in [4.69, 9.17) is 5.73 Å². The predicted octanol–water partition coefficient (Wildman–Crippen LogP) is 4.00. The molecule has 0 saturated heterocycles. The minimum Gasteiger partial charge on any atom is -0.346 e. The largest absolute Gasteiger partial charge is 0.346 e. The smallest absolute Gasteiger partial charge is 0.0526 e. The van der Waals surface area contributed by atoms with Crippen LogP contribution in [0.3, 0.4) is 0 Å². The summed E-state index contributed by atoms with van der Waals surface area (Å²) in [6, 6.07) is 21.9. The lowest BCUT2D eigenvalue weighted by atomic mass is 9.90. The van der Waals surface area contributed by atoms with Crippen LogP contribution in [0, 0.1) is 0 Å². The van der Waals surface area contributed by atoms with E-state index in [2.05, 4.69) is 78.4 Å². The zero-order valence-electron chi connectivity index (χ0n) is 12.7. The summed E-state index contributed by atoms with van der Waals surface area (Å²) in [5.41, 5.74) is 12.9. The molecular formula is C20H20N2. The van der Waals surface area contributed by atoms with Gasteiger partial charge in [0.25, 0.3) is 0 Å². The summed E-state index contributed by atoms with van der Waals surface area (Å²) in [7, 11) is 0. The lowest BCUT2D eigenvalue weighted by Crippen LogP contribution is -2.22. The molecule has 1 heterocycles. The van der Waals surface area contributed by atoms with E-state index in [1.165, 1.54) is 27.9 Å². The van der Waals surface area contributed by atoms with Gasteiger partial charge in [0, 0.05) is 30.3 Å². The Bertz CT molecular complexity index is 800. The fourth-order valence-electron chi connectivity index (χ4n) is 3.63. The lowest BCUT2D eigenvalue weighted by molar-refractivity contribution is 0.596. The molecule has 0 aliphatic heterocycles. The molecule has 1 aliphatic rings. The van der Waals surface area contributed by atoms with E-state index < -0.39 is 0 Å². The molecule has 0 amide bonds. The summed E-state index contributed by atoms with van der Waals surface area (Å²) >= 11 is 0. The van der Waals surface area contributed by atoms with Crippen LogP contribution in [0.2, 0.25) is 0 Å². The molecule has 2 N–H and O–H groups in total.